The van der Waals surface area contributed by atoms with Crippen molar-refractivity contribution in [3.63, 3.8) is 0 Å². The van der Waals surface area contributed by atoms with E-state index in [1.165, 1.54) is 231 Å². The Kier molecular flexibility index (Phi) is 36.9. The molecule has 0 aliphatic carbocycles. The van der Waals surface area contributed by atoms with Crippen molar-refractivity contribution in [2.45, 2.75) is 232 Å². The summed E-state index contributed by atoms with van der Waals surface area (Å²) in [7, 11) is 4.37. The highest BCUT2D eigenvalue weighted by atomic mass is 15.0. The smallest absolute Gasteiger partial charge is 0.00248 e. The van der Waals surface area contributed by atoms with Crippen LogP contribution in [0.3, 0.4) is 0 Å². The minimum absolute atomic E-state index is 1.26. The van der Waals surface area contributed by atoms with Gasteiger partial charge < -0.3 is 4.90 Å². The second-order valence-electron chi connectivity index (χ2n) is 13.8. The van der Waals surface area contributed by atoms with Gasteiger partial charge in [0.15, 0.2) is 0 Å². The van der Waals surface area contributed by atoms with Crippen LogP contribution < -0.4 is 0 Å². The van der Waals surface area contributed by atoms with Crippen LogP contribution in [0.2, 0.25) is 0 Å². The summed E-state index contributed by atoms with van der Waals surface area (Å²) in [6.45, 7) is 3.57. The topological polar surface area (TPSA) is 3.24 Å². The van der Waals surface area contributed by atoms with Crippen LogP contribution in [-0.4, -0.2) is 25.5 Å². The third-order valence-corrected chi connectivity index (χ3v) is 9.21. The average Bonchev–Trinajstić information content (AvgIpc) is 2.95. The molecule has 0 rings (SSSR count). The van der Waals surface area contributed by atoms with Crippen LogP contribution in [0.4, 0.5) is 0 Å². The highest BCUT2D eigenvalue weighted by Crippen LogP contribution is 2.17. The molecule has 0 radical (unpaired) electrons. The molecule has 0 aliphatic heterocycles. The Morgan fingerprint density at radius 2 is 0.375 bits per heavy atom. The lowest BCUT2D eigenvalue weighted by Crippen LogP contribution is -2.12. The second kappa shape index (κ2) is 37.0. The third-order valence-electron chi connectivity index (χ3n) is 9.21. The van der Waals surface area contributed by atoms with Crippen LogP contribution in [-0.2, 0) is 0 Å². The first-order valence-corrected chi connectivity index (χ1v) is 19.4. The monoisotopic (exact) mass is 564 g/mol. The first-order valence-electron chi connectivity index (χ1n) is 19.4. The summed E-state index contributed by atoms with van der Waals surface area (Å²) in [5, 5.41) is 0. The van der Waals surface area contributed by atoms with Gasteiger partial charge in [-0.1, -0.05) is 225 Å². The predicted octanol–water partition coefficient (Wildman–Crippen LogP) is 14.2. The normalized spacial score (nSPS) is 11.7. The van der Waals surface area contributed by atoms with Crippen molar-refractivity contribution in [1.82, 2.24) is 4.90 Å². The highest BCUT2D eigenvalue weighted by molar-refractivity contribution is 4.53. The minimum Gasteiger partial charge on any atom is -0.309 e. The zero-order valence-electron chi connectivity index (χ0n) is 28.9. The van der Waals surface area contributed by atoms with Gasteiger partial charge in [0.05, 0.1) is 0 Å². The van der Waals surface area contributed by atoms with E-state index in [2.05, 4.69) is 25.9 Å². The first kappa shape index (κ1) is 40.0. The molecule has 0 heterocycles. The fourth-order valence-electron chi connectivity index (χ4n) is 6.33. The molecular formula is C39H81N. The first-order chi connectivity index (χ1) is 19.8. The molecule has 0 aromatic carbocycles. The Balaban J connectivity index is 3.02. The number of hydrogen-bond donors (Lipinski definition) is 0. The largest absolute Gasteiger partial charge is 0.309 e. The van der Waals surface area contributed by atoms with E-state index >= 15 is 0 Å². The molecule has 0 amide bonds. The van der Waals surface area contributed by atoms with Gasteiger partial charge >= 0.3 is 0 Å². The van der Waals surface area contributed by atoms with E-state index < -0.39 is 0 Å². The van der Waals surface area contributed by atoms with E-state index in [1.54, 1.807) is 0 Å². The summed E-state index contributed by atoms with van der Waals surface area (Å²) in [6.07, 6.45) is 51.7. The van der Waals surface area contributed by atoms with Crippen molar-refractivity contribution in [2.75, 3.05) is 20.6 Å². The van der Waals surface area contributed by atoms with Gasteiger partial charge in [-0.2, -0.15) is 0 Å². The third kappa shape index (κ3) is 38.0. The lowest BCUT2D eigenvalue weighted by molar-refractivity contribution is 0.389. The molecule has 0 N–H and O–H groups in total. The second-order valence-corrected chi connectivity index (χ2v) is 13.8. The van der Waals surface area contributed by atoms with Gasteiger partial charge in [-0.15, -0.1) is 0 Å². The van der Waals surface area contributed by atoms with E-state index in [-0.39, 0.29) is 0 Å². The summed E-state index contributed by atoms with van der Waals surface area (Å²) in [5.41, 5.74) is 0. The lowest BCUT2D eigenvalue weighted by Gasteiger charge is -2.08. The fraction of sp³-hybridized carbons (Fsp3) is 1.00. The Morgan fingerprint density at radius 1 is 0.225 bits per heavy atom. The molecule has 0 saturated carbocycles. The molecule has 0 fully saturated rings. The van der Waals surface area contributed by atoms with Crippen LogP contribution in [0, 0.1) is 0 Å². The Hall–Kier alpha value is -0.0400. The Labute approximate surface area is 256 Å². The van der Waals surface area contributed by atoms with Crippen molar-refractivity contribution < 1.29 is 0 Å². The zero-order valence-corrected chi connectivity index (χ0v) is 28.9. The van der Waals surface area contributed by atoms with Crippen molar-refractivity contribution in [2.24, 2.45) is 0 Å². The molecule has 0 aliphatic rings. The molecule has 242 valence electrons. The van der Waals surface area contributed by atoms with Gasteiger partial charge in [0.2, 0.25) is 0 Å². The molecule has 0 saturated heterocycles. The van der Waals surface area contributed by atoms with Gasteiger partial charge in [-0.05, 0) is 27.1 Å². The Morgan fingerprint density at radius 3 is 0.525 bits per heavy atom. The average molecular weight is 564 g/mol. The van der Waals surface area contributed by atoms with Gasteiger partial charge in [0.1, 0.15) is 0 Å². The number of hydrogen-bond acceptors (Lipinski definition) is 1. The molecule has 0 aromatic heterocycles. The molecule has 1 heteroatoms. The Bertz CT molecular complexity index is 417. The molecule has 0 unspecified atom stereocenters. The molecule has 0 aromatic rings. The molecule has 0 bridgehead atoms. The maximum atomic E-state index is 2.31. The summed E-state index contributed by atoms with van der Waals surface area (Å²) < 4.78 is 0. The maximum Gasteiger partial charge on any atom is -0.00248 e. The SMILES string of the molecule is CCCCCCCCCCCCCCCCCCCCCCCCCCCCCCCCCCCCCN(C)C. The maximum absolute atomic E-state index is 2.31. The van der Waals surface area contributed by atoms with E-state index in [0.29, 0.717) is 0 Å². The van der Waals surface area contributed by atoms with Crippen LogP contribution in [0.25, 0.3) is 0 Å². The molecular weight excluding hydrogens is 482 g/mol. The van der Waals surface area contributed by atoms with Crippen molar-refractivity contribution >= 4 is 0 Å². The zero-order chi connectivity index (χ0) is 29.0. The van der Waals surface area contributed by atoms with E-state index in [0.717, 1.165) is 0 Å². The van der Waals surface area contributed by atoms with Gasteiger partial charge in [0.25, 0.3) is 0 Å². The molecule has 1 nitrogen and oxygen atoms in total. The van der Waals surface area contributed by atoms with Gasteiger partial charge in [-0.3, -0.25) is 0 Å². The quantitative estimate of drug-likeness (QED) is 0.0685. The van der Waals surface area contributed by atoms with Crippen molar-refractivity contribution in [1.29, 1.82) is 0 Å². The van der Waals surface area contributed by atoms with E-state index in [4.69, 9.17) is 0 Å². The van der Waals surface area contributed by atoms with Crippen LogP contribution in [0.5, 0.6) is 0 Å². The van der Waals surface area contributed by atoms with Crippen molar-refractivity contribution in [3.8, 4) is 0 Å². The molecule has 0 spiro atoms. The molecule has 40 heavy (non-hydrogen) atoms. The highest BCUT2D eigenvalue weighted by Gasteiger charge is 1.97. The standard InChI is InChI=1S/C39H81N/c1-4-5-6-7-8-9-10-11-12-13-14-15-16-17-18-19-20-21-22-23-24-25-26-27-28-29-30-31-32-33-34-35-36-37-38-39-40(2)3/h4-39H2,1-3H3. The fourth-order valence-corrected chi connectivity index (χ4v) is 6.33. The number of rotatable bonds is 36. The molecule has 0 atom stereocenters. The summed E-state index contributed by atoms with van der Waals surface area (Å²) in [5.74, 6) is 0. The van der Waals surface area contributed by atoms with E-state index in [9.17, 15) is 0 Å². The van der Waals surface area contributed by atoms with Gasteiger partial charge in [0, 0.05) is 0 Å². The summed E-state index contributed by atoms with van der Waals surface area (Å²) in [6, 6.07) is 0. The number of nitrogens with zero attached hydrogens (tertiary/aromatic N) is 1. The van der Waals surface area contributed by atoms with Gasteiger partial charge in [-0.25, -0.2) is 0 Å². The number of unbranched alkanes of at least 4 members (excludes halogenated alkanes) is 34. The lowest BCUT2D eigenvalue weighted by atomic mass is 10.0. The van der Waals surface area contributed by atoms with Crippen molar-refractivity contribution in [3.05, 3.63) is 0 Å². The van der Waals surface area contributed by atoms with Crippen LogP contribution in [0.15, 0.2) is 0 Å². The van der Waals surface area contributed by atoms with Crippen LogP contribution in [0.1, 0.15) is 232 Å². The summed E-state index contributed by atoms with van der Waals surface area (Å²) in [4.78, 5) is 2.31. The minimum atomic E-state index is 1.26. The summed E-state index contributed by atoms with van der Waals surface area (Å²) >= 11 is 0. The van der Waals surface area contributed by atoms with Crippen LogP contribution >= 0.6 is 0 Å². The predicted molar refractivity (Wildman–Crippen MR) is 186 cm³/mol. The van der Waals surface area contributed by atoms with E-state index in [1.807, 2.05) is 0 Å².